The van der Waals surface area contributed by atoms with E-state index in [0.717, 1.165) is 29.5 Å². The van der Waals surface area contributed by atoms with Crippen LogP contribution in [0.15, 0.2) is 17.0 Å². The van der Waals surface area contributed by atoms with Gasteiger partial charge in [-0.1, -0.05) is 17.7 Å². The van der Waals surface area contributed by atoms with Crippen molar-refractivity contribution < 1.29 is 17.9 Å². The minimum absolute atomic E-state index is 0.196. The van der Waals surface area contributed by atoms with Crippen LogP contribution < -0.4 is 0 Å². The lowest BCUT2D eigenvalue weighted by atomic mass is 10.0. The Morgan fingerprint density at radius 3 is 2.22 bits per heavy atom. The first-order chi connectivity index (χ1) is 12.7. The lowest BCUT2D eigenvalue weighted by molar-refractivity contribution is -0.141. The lowest BCUT2D eigenvalue weighted by Gasteiger charge is -2.43. The molecule has 1 aromatic carbocycles. The van der Waals surface area contributed by atoms with Crippen molar-refractivity contribution in [2.75, 3.05) is 26.2 Å². The zero-order valence-electron chi connectivity index (χ0n) is 16.3. The number of hydrogen-bond donors (Lipinski definition) is 0. The van der Waals surface area contributed by atoms with Gasteiger partial charge in [-0.05, 0) is 44.7 Å². The van der Waals surface area contributed by atoms with Crippen molar-refractivity contribution >= 4 is 15.9 Å². The number of likely N-dealkylation sites (tertiary alicyclic amines) is 1. The first-order valence-electron chi connectivity index (χ1n) is 9.78. The average molecular weight is 393 g/mol. The number of aryl methyl sites for hydroxylation is 3. The van der Waals surface area contributed by atoms with E-state index >= 15 is 0 Å². The van der Waals surface area contributed by atoms with Gasteiger partial charge in [0.05, 0.1) is 11.5 Å². The van der Waals surface area contributed by atoms with Crippen molar-refractivity contribution in [1.29, 1.82) is 0 Å². The molecule has 0 atom stereocenters. The summed E-state index contributed by atoms with van der Waals surface area (Å²) in [4.78, 5) is 14.6. The van der Waals surface area contributed by atoms with E-state index in [4.69, 9.17) is 4.74 Å². The van der Waals surface area contributed by atoms with Gasteiger partial charge < -0.3 is 9.64 Å². The molecule has 2 heterocycles. The normalized spacial score (nSPS) is 23.1. The molecule has 0 aromatic heterocycles. The summed E-state index contributed by atoms with van der Waals surface area (Å²) in [5, 5.41) is 0. The third-order valence-electron chi connectivity index (χ3n) is 6.06. The highest BCUT2D eigenvalue weighted by Crippen LogP contribution is 2.41. The third-order valence-corrected chi connectivity index (χ3v) is 8.31. The molecule has 148 valence electrons. The number of ether oxygens (including phenoxy) is 1. The van der Waals surface area contributed by atoms with Gasteiger partial charge in [0, 0.05) is 38.4 Å². The number of sulfonamides is 1. The SMILES string of the molecule is Cc1cc(C)c(S(=O)(=O)N2CCOC23CCN(C(=O)C2CC2)CC3)c(C)c1. The molecule has 1 aromatic rings. The number of hydrogen-bond acceptors (Lipinski definition) is 4. The number of piperidine rings is 1. The molecule has 2 aliphatic heterocycles. The smallest absolute Gasteiger partial charge is 0.246 e. The summed E-state index contributed by atoms with van der Waals surface area (Å²) in [6.45, 7) is 7.58. The van der Waals surface area contributed by atoms with Crippen LogP contribution in [0.5, 0.6) is 0 Å². The first kappa shape index (κ1) is 18.9. The summed E-state index contributed by atoms with van der Waals surface area (Å²) >= 11 is 0. The van der Waals surface area contributed by atoms with E-state index in [1.54, 1.807) is 4.31 Å². The second kappa shape index (κ2) is 6.57. The van der Waals surface area contributed by atoms with E-state index in [1.807, 2.05) is 37.8 Å². The highest BCUT2D eigenvalue weighted by Gasteiger charge is 2.52. The van der Waals surface area contributed by atoms with Crippen LogP contribution in [0.1, 0.15) is 42.4 Å². The predicted octanol–water partition coefficient (Wildman–Crippen LogP) is 2.36. The van der Waals surface area contributed by atoms with Crippen LogP contribution in [0.3, 0.4) is 0 Å². The second-order valence-corrected chi connectivity index (χ2v) is 10.00. The van der Waals surface area contributed by atoms with E-state index in [9.17, 15) is 13.2 Å². The molecular formula is C20H28N2O4S. The minimum atomic E-state index is -3.66. The summed E-state index contributed by atoms with van der Waals surface area (Å²) < 4.78 is 34.7. The molecule has 0 unspecified atom stereocenters. The fraction of sp³-hybridized carbons (Fsp3) is 0.650. The van der Waals surface area contributed by atoms with Crippen LogP contribution in [-0.2, 0) is 19.6 Å². The van der Waals surface area contributed by atoms with Crippen molar-refractivity contribution in [3.05, 3.63) is 28.8 Å². The number of benzene rings is 1. The predicted molar refractivity (Wildman–Crippen MR) is 102 cm³/mol. The van der Waals surface area contributed by atoms with Crippen LogP contribution >= 0.6 is 0 Å². The lowest BCUT2D eigenvalue weighted by Crippen LogP contribution is -2.56. The molecule has 27 heavy (non-hydrogen) atoms. The Kier molecular flexibility index (Phi) is 4.60. The third kappa shape index (κ3) is 3.19. The summed E-state index contributed by atoms with van der Waals surface area (Å²) in [5.74, 6) is 0.420. The van der Waals surface area contributed by atoms with Gasteiger partial charge in [0.1, 0.15) is 5.72 Å². The maximum atomic E-state index is 13.6. The fourth-order valence-corrected chi connectivity index (χ4v) is 6.82. The largest absolute Gasteiger partial charge is 0.358 e. The number of amides is 1. The van der Waals surface area contributed by atoms with Gasteiger partial charge in [-0.25, -0.2) is 8.42 Å². The van der Waals surface area contributed by atoms with E-state index in [-0.39, 0.29) is 11.8 Å². The number of nitrogens with zero attached hydrogens (tertiary/aromatic N) is 2. The molecule has 1 spiro atoms. The molecule has 6 nitrogen and oxygen atoms in total. The molecular weight excluding hydrogens is 364 g/mol. The standard InChI is InChI=1S/C20H28N2O4S/c1-14-12-15(2)18(16(3)13-14)27(24,25)22-10-11-26-20(22)6-8-21(9-7-20)19(23)17-4-5-17/h12-13,17H,4-11H2,1-3H3. The maximum absolute atomic E-state index is 13.6. The molecule has 0 radical (unpaired) electrons. The molecule has 2 saturated heterocycles. The van der Waals surface area contributed by atoms with Crippen LogP contribution in [0.25, 0.3) is 0 Å². The summed E-state index contributed by atoms with van der Waals surface area (Å²) in [6, 6.07) is 3.83. The molecule has 0 N–H and O–H groups in total. The Hall–Kier alpha value is -1.44. The number of carbonyl (C=O) groups excluding carboxylic acids is 1. The van der Waals surface area contributed by atoms with E-state index < -0.39 is 15.7 Å². The van der Waals surface area contributed by atoms with Crippen LogP contribution in [0.4, 0.5) is 0 Å². The van der Waals surface area contributed by atoms with Crippen LogP contribution in [0.2, 0.25) is 0 Å². The molecule has 3 fully saturated rings. The maximum Gasteiger partial charge on any atom is 0.246 e. The van der Waals surface area contributed by atoms with Gasteiger partial charge in [0.2, 0.25) is 15.9 Å². The van der Waals surface area contributed by atoms with Gasteiger partial charge in [-0.15, -0.1) is 0 Å². The monoisotopic (exact) mass is 392 g/mol. The van der Waals surface area contributed by atoms with Gasteiger partial charge in [-0.2, -0.15) is 4.31 Å². The molecule has 1 amide bonds. The first-order valence-corrected chi connectivity index (χ1v) is 11.2. The summed E-state index contributed by atoms with van der Waals surface area (Å²) in [7, 11) is -3.66. The highest BCUT2D eigenvalue weighted by atomic mass is 32.2. The van der Waals surface area contributed by atoms with Crippen molar-refractivity contribution in [1.82, 2.24) is 9.21 Å². The highest BCUT2D eigenvalue weighted by molar-refractivity contribution is 7.89. The average Bonchev–Trinajstić information content (AvgIpc) is 3.35. The Labute approximate surface area is 161 Å². The Bertz CT molecular complexity index is 845. The molecule has 1 saturated carbocycles. The minimum Gasteiger partial charge on any atom is -0.358 e. The molecule has 1 aliphatic carbocycles. The van der Waals surface area contributed by atoms with E-state index in [1.165, 1.54) is 0 Å². The van der Waals surface area contributed by atoms with Gasteiger partial charge in [-0.3, -0.25) is 4.79 Å². The van der Waals surface area contributed by atoms with Crippen molar-refractivity contribution in [2.24, 2.45) is 5.92 Å². The Morgan fingerprint density at radius 1 is 1.07 bits per heavy atom. The van der Waals surface area contributed by atoms with Crippen LogP contribution in [-0.4, -0.2) is 55.5 Å². The van der Waals surface area contributed by atoms with Crippen molar-refractivity contribution in [3.8, 4) is 0 Å². The molecule has 4 rings (SSSR count). The Balaban J connectivity index is 1.61. The summed E-state index contributed by atoms with van der Waals surface area (Å²) in [6.07, 6.45) is 3.05. The van der Waals surface area contributed by atoms with Crippen molar-refractivity contribution in [2.45, 2.75) is 57.1 Å². The zero-order valence-corrected chi connectivity index (χ0v) is 17.1. The van der Waals surface area contributed by atoms with E-state index in [0.29, 0.717) is 44.0 Å². The van der Waals surface area contributed by atoms with Gasteiger partial charge in [0.25, 0.3) is 0 Å². The van der Waals surface area contributed by atoms with Crippen LogP contribution in [0, 0.1) is 26.7 Å². The van der Waals surface area contributed by atoms with Gasteiger partial charge in [0.15, 0.2) is 0 Å². The molecule has 7 heteroatoms. The fourth-order valence-electron chi connectivity index (χ4n) is 4.68. The second-order valence-electron chi connectivity index (χ2n) is 8.20. The number of carbonyl (C=O) groups is 1. The molecule has 0 bridgehead atoms. The van der Waals surface area contributed by atoms with Crippen molar-refractivity contribution in [3.63, 3.8) is 0 Å². The quantitative estimate of drug-likeness (QED) is 0.792. The summed E-state index contributed by atoms with van der Waals surface area (Å²) in [5.41, 5.74) is 1.79. The molecule has 3 aliphatic rings. The van der Waals surface area contributed by atoms with Gasteiger partial charge >= 0.3 is 0 Å². The van der Waals surface area contributed by atoms with E-state index in [2.05, 4.69) is 0 Å². The zero-order chi connectivity index (χ0) is 19.4. The number of rotatable bonds is 3. The topological polar surface area (TPSA) is 66.9 Å². The Morgan fingerprint density at radius 2 is 1.67 bits per heavy atom.